The minimum Gasteiger partial charge on any atom is -0.440 e. The van der Waals surface area contributed by atoms with Crippen LogP contribution in [0.3, 0.4) is 0 Å². The Morgan fingerprint density at radius 3 is 2.65 bits per heavy atom. The summed E-state index contributed by atoms with van der Waals surface area (Å²) >= 11 is 0. The van der Waals surface area contributed by atoms with E-state index >= 15 is 0 Å². The molecule has 2 aliphatic rings. The van der Waals surface area contributed by atoms with Crippen molar-refractivity contribution in [2.24, 2.45) is 11.8 Å². The maximum Gasteiger partial charge on any atom is 0.243 e. The molecule has 0 aliphatic heterocycles. The first-order valence-corrected chi connectivity index (χ1v) is 8.55. The van der Waals surface area contributed by atoms with Crippen LogP contribution in [0.25, 0.3) is 11.1 Å². The number of benzene rings is 1. The van der Waals surface area contributed by atoms with Gasteiger partial charge in [-0.05, 0) is 49.7 Å². The number of carbonyl (C=O) groups excluding carboxylic acids is 1. The molecule has 1 atom stereocenters. The highest BCUT2D eigenvalue weighted by Crippen LogP contribution is 2.48. The van der Waals surface area contributed by atoms with Gasteiger partial charge in [0.05, 0.1) is 5.92 Å². The zero-order valence-electron chi connectivity index (χ0n) is 13.4. The van der Waals surface area contributed by atoms with Gasteiger partial charge in [-0.2, -0.15) is 0 Å². The van der Waals surface area contributed by atoms with E-state index in [1.165, 1.54) is 31.3 Å². The topological polar surface area (TPSA) is 55.1 Å². The molecule has 23 heavy (non-hydrogen) atoms. The van der Waals surface area contributed by atoms with Crippen molar-refractivity contribution in [3.8, 4) is 0 Å². The summed E-state index contributed by atoms with van der Waals surface area (Å²) < 4.78 is 5.76. The number of carbonyl (C=O) groups is 1. The zero-order chi connectivity index (χ0) is 15.8. The number of nitrogens with one attached hydrogen (secondary N) is 1. The van der Waals surface area contributed by atoms with Gasteiger partial charge in [-0.25, -0.2) is 4.98 Å². The van der Waals surface area contributed by atoms with Gasteiger partial charge >= 0.3 is 0 Å². The highest BCUT2D eigenvalue weighted by Gasteiger charge is 2.36. The molecule has 0 bridgehead atoms. The number of oxazole rings is 1. The lowest BCUT2D eigenvalue weighted by Crippen LogP contribution is -2.26. The number of hydrogen-bond donors (Lipinski definition) is 1. The van der Waals surface area contributed by atoms with Gasteiger partial charge in [-0.15, -0.1) is 0 Å². The van der Waals surface area contributed by atoms with Gasteiger partial charge in [0.1, 0.15) is 5.52 Å². The summed E-state index contributed by atoms with van der Waals surface area (Å²) in [4.78, 5) is 16.7. The van der Waals surface area contributed by atoms with E-state index in [4.69, 9.17) is 4.42 Å². The first-order valence-electron chi connectivity index (χ1n) is 8.55. The molecule has 4 rings (SSSR count). The van der Waals surface area contributed by atoms with E-state index < -0.39 is 0 Å². The number of aromatic nitrogens is 1. The normalized spacial score (nSPS) is 18.7. The summed E-state index contributed by atoms with van der Waals surface area (Å²) in [5.74, 6) is 2.14. The van der Waals surface area contributed by atoms with Gasteiger partial charge in [-0.1, -0.05) is 24.6 Å². The van der Waals surface area contributed by atoms with Crippen molar-refractivity contribution in [3.05, 3.63) is 41.8 Å². The third kappa shape index (κ3) is 3.31. The van der Waals surface area contributed by atoms with Gasteiger partial charge in [0, 0.05) is 12.6 Å². The molecule has 1 N–H and O–H groups in total. The molecule has 1 amide bonds. The predicted octanol–water partition coefficient (Wildman–Crippen LogP) is 3.79. The van der Waals surface area contributed by atoms with E-state index in [1.807, 2.05) is 37.3 Å². The first kappa shape index (κ1) is 14.5. The number of para-hydroxylation sites is 2. The molecular formula is C19H22N2O2. The minimum absolute atomic E-state index is 0.0294. The lowest BCUT2D eigenvalue weighted by atomic mass is 10.1. The molecule has 0 saturated heterocycles. The second-order valence-electron chi connectivity index (χ2n) is 6.86. The molecule has 2 aliphatic carbocycles. The standard InChI is InChI=1S/C19H22N2O2/c1-12(19-21-16-4-2-3-5-17(16)23-19)11-20-18(22)10-15(13-6-7-13)14-8-9-14/h2-5,10,12-14H,6-9,11H2,1H3,(H,20,22). The number of fused-ring (bicyclic) bond motifs is 1. The average molecular weight is 310 g/mol. The number of hydrogen-bond acceptors (Lipinski definition) is 3. The smallest absolute Gasteiger partial charge is 0.243 e. The minimum atomic E-state index is 0.0294. The van der Waals surface area contributed by atoms with Gasteiger partial charge in [-0.3, -0.25) is 4.79 Å². The van der Waals surface area contributed by atoms with Crippen LogP contribution in [0.1, 0.15) is 44.4 Å². The fraction of sp³-hybridized carbons (Fsp3) is 0.474. The van der Waals surface area contributed by atoms with Crippen LogP contribution in [0.5, 0.6) is 0 Å². The van der Waals surface area contributed by atoms with Crippen LogP contribution in [0.4, 0.5) is 0 Å². The largest absolute Gasteiger partial charge is 0.440 e. The molecule has 0 spiro atoms. The van der Waals surface area contributed by atoms with E-state index in [0.29, 0.717) is 24.3 Å². The lowest BCUT2D eigenvalue weighted by molar-refractivity contribution is -0.116. The van der Waals surface area contributed by atoms with Crippen molar-refractivity contribution in [2.45, 2.75) is 38.5 Å². The van der Waals surface area contributed by atoms with Crippen LogP contribution >= 0.6 is 0 Å². The van der Waals surface area contributed by atoms with Crippen molar-refractivity contribution >= 4 is 17.0 Å². The van der Waals surface area contributed by atoms with Crippen LogP contribution in [-0.4, -0.2) is 17.4 Å². The number of rotatable bonds is 6. The van der Waals surface area contributed by atoms with Gasteiger partial charge < -0.3 is 9.73 Å². The van der Waals surface area contributed by atoms with Gasteiger partial charge in [0.25, 0.3) is 0 Å². The van der Waals surface area contributed by atoms with Gasteiger partial charge in [0.2, 0.25) is 5.91 Å². The molecule has 120 valence electrons. The third-order valence-corrected chi connectivity index (χ3v) is 4.71. The van der Waals surface area contributed by atoms with E-state index in [2.05, 4.69) is 10.3 Å². The van der Waals surface area contributed by atoms with E-state index in [1.54, 1.807) is 0 Å². The molecule has 4 nitrogen and oxygen atoms in total. The SMILES string of the molecule is CC(CNC(=O)C=C(C1CC1)C1CC1)c1nc2ccccc2o1. The molecule has 2 fully saturated rings. The summed E-state index contributed by atoms with van der Waals surface area (Å²) in [6.45, 7) is 2.57. The Balaban J connectivity index is 1.37. The van der Waals surface area contributed by atoms with Crippen molar-refractivity contribution in [1.29, 1.82) is 0 Å². The summed E-state index contributed by atoms with van der Waals surface area (Å²) in [6.07, 6.45) is 6.89. The molecule has 1 aromatic heterocycles. The summed E-state index contributed by atoms with van der Waals surface area (Å²) in [5.41, 5.74) is 3.05. The van der Waals surface area contributed by atoms with Crippen molar-refractivity contribution in [2.75, 3.05) is 6.54 Å². The van der Waals surface area contributed by atoms with E-state index in [9.17, 15) is 4.79 Å². The maximum atomic E-state index is 12.2. The third-order valence-electron chi connectivity index (χ3n) is 4.71. The Bertz CT molecular complexity index is 707. The molecule has 0 radical (unpaired) electrons. The second-order valence-corrected chi connectivity index (χ2v) is 6.86. The Kier molecular flexibility index (Phi) is 3.68. The van der Waals surface area contributed by atoms with Gasteiger partial charge in [0.15, 0.2) is 11.5 Å². The fourth-order valence-electron chi connectivity index (χ4n) is 3.05. The molecule has 2 aromatic rings. The quantitative estimate of drug-likeness (QED) is 0.826. The average Bonchev–Trinajstić information content (AvgIpc) is 3.47. The lowest BCUT2D eigenvalue weighted by Gasteiger charge is -2.09. The van der Waals surface area contributed by atoms with E-state index in [-0.39, 0.29) is 11.8 Å². The van der Waals surface area contributed by atoms with Crippen LogP contribution in [0.15, 0.2) is 40.3 Å². The highest BCUT2D eigenvalue weighted by atomic mass is 16.3. The second kappa shape index (κ2) is 5.84. The molecule has 1 heterocycles. The fourth-order valence-corrected chi connectivity index (χ4v) is 3.05. The summed E-state index contributed by atoms with van der Waals surface area (Å²) in [5, 5.41) is 3.01. The number of amides is 1. The summed E-state index contributed by atoms with van der Waals surface area (Å²) in [7, 11) is 0. The Morgan fingerprint density at radius 1 is 1.30 bits per heavy atom. The maximum absolute atomic E-state index is 12.2. The summed E-state index contributed by atoms with van der Waals surface area (Å²) in [6, 6.07) is 7.74. The van der Waals surface area contributed by atoms with Crippen molar-refractivity contribution in [3.63, 3.8) is 0 Å². The van der Waals surface area contributed by atoms with Crippen molar-refractivity contribution < 1.29 is 9.21 Å². The number of nitrogens with zero attached hydrogens (tertiary/aromatic N) is 1. The number of allylic oxidation sites excluding steroid dienone is 1. The predicted molar refractivity (Wildman–Crippen MR) is 89.0 cm³/mol. The Labute approximate surface area is 136 Å². The molecule has 4 heteroatoms. The van der Waals surface area contributed by atoms with Crippen LogP contribution < -0.4 is 5.32 Å². The van der Waals surface area contributed by atoms with Crippen LogP contribution in [-0.2, 0) is 4.79 Å². The molecule has 1 aromatic carbocycles. The zero-order valence-corrected chi connectivity index (χ0v) is 13.4. The Morgan fingerprint density at radius 2 is 2.00 bits per heavy atom. The molecule has 1 unspecified atom stereocenters. The van der Waals surface area contributed by atoms with E-state index in [0.717, 1.165) is 11.1 Å². The van der Waals surface area contributed by atoms with Crippen LogP contribution in [0, 0.1) is 11.8 Å². The van der Waals surface area contributed by atoms with Crippen LogP contribution in [0.2, 0.25) is 0 Å². The first-order chi connectivity index (χ1) is 11.2. The Hall–Kier alpha value is -2.10. The monoisotopic (exact) mass is 310 g/mol. The molecular weight excluding hydrogens is 288 g/mol. The molecule has 2 saturated carbocycles. The highest BCUT2D eigenvalue weighted by molar-refractivity contribution is 5.88. The van der Waals surface area contributed by atoms with Crippen molar-refractivity contribution in [1.82, 2.24) is 10.3 Å².